The first-order valence-corrected chi connectivity index (χ1v) is 6.36. The summed E-state index contributed by atoms with van der Waals surface area (Å²) in [6.07, 6.45) is 0. The smallest absolute Gasteiger partial charge is 0.247 e. The number of nitrogens with zero attached hydrogens (tertiary/aromatic N) is 1. The Balaban J connectivity index is 0.00000242. The zero-order valence-corrected chi connectivity index (χ0v) is 13.5. The number of carbonyl (C=O) groups is 1. The summed E-state index contributed by atoms with van der Waals surface area (Å²) in [7, 11) is 1.48. The van der Waals surface area contributed by atoms with Gasteiger partial charge in [-0.2, -0.15) is 0 Å². The molecule has 2 aromatic carbocycles. The van der Waals surface area contributed by atoms with Crippen molar-refractivity contribution in [2.24, 2.45) is 0 Å². The van der Waals surface area contributed by atoms with Gasteiger partial charge in [-0.1, -0.05) is 18.2 Å². The van der Waals surface area contributed by atoms with Crippen LogP contribution in [0.4, 0.5) is 14.5 Å². The SMILES string of the molecule is COCCN(C(=O)c1ccccc1)c1ccc(F)[c-]c1F.[Ti]. The number of amides is 1. The van der Waals surface area contributed by atoms with Gasteiger partial charge in [0.05, 0.1) is 6.61 Å². The van der Waals surface area contributed by atoms with E-state index in [0.29, 0.717) is 5.56 Å². The van der Waals surface area contributed by atoms with Crippen LogP contribution < -0.4 is 4.90 Å². The van der Waals surface area contributed by atoms with Gasteiger partial charge >= 0.3 is 0 Å². The molecular weight excluding hydrogens is 324 g/mol. The summed E-state index contributed by atoms with van der Waals surface area (Å²) >= 11 is 0. The van der Waals surface area contributed by atoms with Gasteiger partial charge in [0.1, 0.15) is 0 Å². The molecule has 22 heavy (non-hydrogen) atoms. The van der Waals surface area contributed by atoms with Crippen LogP contribution in [0.5, 0.6) is 0 Å². The number of benzene rings is 2. The van der Waals surface area contributed by atoms with Crippen LogP contribution >= 0.6 is 0 Å². The van der Waals surface area contributed by atoms with Crippen molar-refractivity contribution >= 4 is 11.6 Å². The normalized spacial score (nSPS) is 9.95. The van der Waals surface area contributed by atoms with E-state index in [1.54, 1.807) is 30.3 Å². The van der Waals surface area contributed by atoms with E-state index in [-0.39, 0.29) is 46.5 Å². The number of carbonyl (C=O) groups excluding carboxylic acids is 1. The van der Waals surface area contributed by atoms with E-state index in [1.807, 2.05) is 6.07 Å². The van der Waals surface area contributed by atoms with Gasteiger partial charge in [-0.05, 0) is 17.8 Å². The third-order valence-corrected chi connectivity index (χ3v) is 2.92. The number of halogens is 2. The van der Waals surface area contributed by atoms with Crippen LogP contribution in [0.15, 0.2) is 42.5 Å². The molecule has 6 heteroatoms. The van der Waals surface area contributed by atoms with Crippen LogP contribution in [0.2, 0.25) is 0 Å². The second-order valence-corrected chi connectivity index (χ2v) is 4.32. The molecule has 0 saturated carbocycles. The van der Waals surface area contributed by atoms with Crippen LogP contribution in [-0.4, -0.2) is 26.2 Å². The fourth-order valence-corrected chi connectivity index (χ4v) is 1.89. The molecule has 0 atom stereocenters. The van der Waals surface area contributed by atoms with Gasteiger partial charge in [-0.15, -0.1) is 18.2 Å². The minimum atomic E-state index is -0.907. The first-order chi connectivity index (χ1) is 10.1. The van der Waals surface area contributed by atoms with Gasteiger partial charge < -0.3 is 9.64 Å². The first kappa shape index (κ1) is 18.5. The Morgan fingerprint density at radius 3 is 2.45 bits per heavy atom. The summed E-state index contributed by atoms with van der Waals surface area (Å²) in [5.74, 6) is -2.10. The molecule has 0 fully saturated rings. The Morgan fingerprint density at radius 1 is 1.18 bits per heavy atom. The molecule has 0 aromatic heterocycles. The largest absolute Gasteiger partial charge is 0.383 e. The number of hydrogen-bond acceptors (Lipinski definition) is 2. The molecule has 1 amide bonds. The summed E-state index contributed by atoms with van der Waals surface area (Å²) in [6, 6.07) is 12.7. The van der Waals surface area contributed by atoms with Crippen LogP contribution in [0.25, 0.3) is 0 Å². The molecular formula is C16H14F2NO2Ti-. The summed E-state index contributed by atoms with van der Waals surface area (Å²) in [4.78, 5) is 13.7. The van der Waals surface area contributed by atoms with Gasteiger partial charge in [0.2, 0.25) is 5.91 Å². The molecule has 0 N–H and O–H groups in total. The minimum absolute atomic E-state index is 0. The fourth-order valence-electron chi connectivity index (χ4n) is 1.89. The zero-order chi connectivity index (χ0) is 15.2. The number of methoxy groups -OCH3 is 1. The third-order valence-electron chi connectivity index (χ3n) is 2.92. The maximum Gasteiger partial charge on any atom is 0.247 e. The summed E-state index contributed by atoms with van der Waals surface area (Å²) < 4.78 is 31.8. The zero-order valence-electron chi connectivity index (χ0n) is 12.0. The van der Waals surface area contributed by atoms with Gasteiger partial charge in [0.15, 0.2) is 0 Å². The molecule has 3 nitrogen and oxygen atoms in total. The van der Waals surface area contributed by atoms with Crippen molar-refractivity contribution in [1.82, 2.24) is 0 Å². The molecule has 0 aliphatic heterocycles. The van der Waals surface area contributed by atoms with Crippen molar-refractivity contribution in [3.8, 4) is 0 Å². The van der Waals surface area contributed by atoms with Crippen molar-refractivity contribution in [2.45, 2.75) is 0 Å². The van der Waals surface area contributed by atoms with E-state index < -0.39 is 11.6 Å². The second-order valence-electron chi connectivity index (χ2n) is 4.32. The quantitative estimate of drug-likeness (QED) is 0.620. The monoisotopic (exact) mass is 338 g/mol. The summed E-state index contributed by atoms with van der Waals surface area (Å²) in [6.45, 7) is 0.385. The van der Waals surface area contributed by atoms with E-state index in [9.17, 15) is 13.6 Å². The Kier molecular flexibility index (Phi) is 7.38. The Bertz CT molecular complexity index is 623. The predicted molar refractivity (Wildman–Crippen MR) is 75.2 cm³/mol. The van der Waals surface area contributed by atoms with E-state index in [2.05, 4.69) is 0 Å². The molecule has 0 radical (unpaired) electrons. The summed E-state index contributed by atoms with van der Waals surface area (Å²) in [5, 5.41) is 0. The van der Waals surface area contributed by atoms with E-state index in [1.165, 1.54) is 18.1 Å². The Hall–Kier alpha value is -1.56. The number of ether oxygens (including phenoxy) is 1. The molecule has 0 unspecified atom stereocenters. The van der Waals surface area contributed by atoms with Gasteiger partial charge in [0, 0.05) is 52.6 Å². The van der Waals surface area contributed by atoms with Gasteiger partial charge in [0.25, 0.3) is 0 Å². The third kappa shape index (κ3) is 4.47. The van der Waals surface area contributed by atoms with Gasteiger partial charge in [-0.3, -0.25) is 4.79 Å². The van der Waals surface area contributed by atoms with E-state index in [0.717, 1.165) is 6.07 Å². The molecule has 0 saturated heterocycles. The first-order valence-electron chi connectivity index (χ1n) is 6.36. The Morgan fingerprint density at radius 2 is 1.86 bits per heavy atom. The van der Waals surface area contributed by atoms with Crippen molar-refractivity contribution in [3.63, 3.8) is 0 Å². The number of anilines is 1. The van der Waals surface area contributed by atoms with Crippen LogP contribution in [0.3, 0.4) is 0 Å². The Labute approximate surface area is 142 Å². The maximum atomic E-state index is 13.9. The van der Waals surface area contributed by atoms with Crippen molar-refractivity contribution in [2.75, 3.05) is 25.2 Å². The molecule has 114 valence electrons. The molecule has 2 rings (SSSR count). The average molecular weight is 338 g/mol. The standard InChI is InChI=1S/C16H14F2NO2.Ti/c1-21-10-9-19(15-8-7-13(17)11-14(15)18)16(20)12-5-3-2-4-6-12;/h2-8H,9-10H2,1H3;/q-1;. The molecule has 0 spiro atoms. The molecule has 2 aromatic rings. The van der Waals surface area contributed by atoms with Crippen LogP contribution in [0, 0.1) is 17.7 Å². The topological polar surface area (TPSA) is 29.5 Å². The fraction of sp³-hybridized carbons (Fsp3) is 0.188. The maximum absolute atomic E-state index is 13.9. The van der Waals surface area contributed by atoms with E-state index in [4.69, 9.17) is 4.74 Å². The average Bonchev–Trinajstić information content (AvgIpc) is 2.50. The van der Waals surface area contributed by atoms with Crippen molar-refractivity contribution in [1.29, 1.82) is 0 Å². The van der Waals surface area contributed by atoms with Crippen LogP contribution in [0.1, 0.15) is 10.4 Å². The number of hydrogen-bond donors (Lipinski definition) is 0. The second kappa shape index (κ2) is 8.78. The van der Waals surface area contributed by atoms with Crippen LogP contribution in [-0.2, 0) is 26.5 Å². The summed E-state index contributed by atoms with van der Waals surface area (Å²) in [5.41, 5.74) is 0.389. The van der Waals surface area contributed by atoms with E-state index >= 15 is 0 Å². The minimum Gasteiger partial charge on any atom is -0.383 e. The van der Waals surface area contributed by atoms with Crippen molar-refractivity contribution < 1.29 is 40.0 Å². The predicted octanol–water partition coefficient (Wildman–Crippen LogP) is 3.06. The van der Waals surface area contributed by atoms with Crippen molar-refractivity contribution in [3.05, 3.63) is 65.7 Å². The van der Waals surface area contributed by atoms with Gasteiger partial charge in [-0.25, -0.2) is 8.78 Å². The number of rotatable bonds is 5. The molecule has 0 bridgehead atoms. The molecule has 0 heterocycles. The molecule has 0 aliphatic rings. The molecule has 0 aliphatic carbocycles.